The lowest BCUT2D eigenvalue weighted by molar-refractivity contribution is -0.127. The largest absolute Gasteiger partial charge is 0.364 e. The highest BCUT2D eigenvalue weighted by Gasteiger charge is 2.29. The van der Waals surface area contributed by atoms with E-state index in [4.69, 9.17) is 0 Å². The Balaban J connectivity index is 1.32. The van der Waals surface area contributed by atoms with E-state index in [1.54, 1.807) is 6.20 Å². The summed E-state index contributed by atoms with van der Waals surface area (Å²) in [6, 6.07) is 18.3. The number of carbonyl (C=O) groups excluding carboxylic acids is 1. The van der Waals surface area contributed by atoms with Crippen LogP contribution in [0.1, 0.15) is 18.4 Å². The van der Waals surface area contributed by atoms with Crippen LogP contribution in [0.4, 0.5) is 5.82 Å². The average Bonchev–Trinajstić information content (AvgIpc) is 3.02. The number of nitrogens with one attached hydrogen (secondary N) is 1. The van der Waals surface area contributed by atoms with Crippen LogP contribution in [0, 0.1) is 0 Å². The molecule has 0 spiro atoms. The van der Waals surface area contributed by atoms with Crippen LogP contribution in [0.2, 0.25) is 0 Å². The second kappa shape index (κ2) is 7.52. The highest BCUT2D eigenvalue weighted by Crippen LogP contribution is 2.18. The number of rotatable bonds is 6. The van der Waals surface area contributed by atoms with Gasteiger partial charge in [0, 0.05) is 19.5 Å². The minimum Gasteiger partial charge on any atom is -0.364 e. The van der Waals surface area contributed by atoms with Gasteiger partial charge in [0.15, 0.2) is 0 Å². The topological polar surface area (TPSA) is 58.1 Å². The maximum Gasteiger partial charge on any atom is 0.224 e. The van der Waals surface area contributed by atoms with Crippen molar-refractivity contribution in [1.82, 2.24) is 14.9 Å². The number of benzene rings is 2. The minimum absolute atomic E-state index is 0.0923. The first-order valence-corrected chi connectivity index (χ1v) is 9.08. The number of nitrogens with zero attached hydrogens (tertiary/aromatic N) is 3. The van der Waals surface area contributed by atoms with Gasteiger partial charge in [0.1, 0.15) is 5.82 Å². The normalized spacial score (nSPS) is 17.0. The predicted molar refractivity (Wildman–Crippen MR) is 103 cm³/mol. The van der Waals surface area contributed by atoms with Gasteiger partial charge in [0.25, 0.3) is 0 Å². The van der Waals surface area contributed by atoms with Gasteiger partial charge in [-0.1, -0.05) is 42.5 Å². The molecular weight excluding hydrogens is 324 g/mol. The Morgan fingerprint density at radius 3 is 2.65 bits per heavy atom. The fourth-order valence-electron chi connectivity index (χ4n) is 3.44. The van der Waals surface area contributed by atoms with Gasteiger partial charge in [0.2, 0.25) is 5.91 Å². The molecule has 1 atom stereocenters. The van der Waals surface area contributed by atoms with Crippen LogP contribution in [0.25, 0.3) is 11.0 Å². The lowest BCUT2D eigenvalue weighted by atomic mass is 10.1. The number of hydrogen-bond acceptors (Lipinski definition) is 4. The number of fused-ring (bicyclic) bond motifs is 1. The standard InChI is InChI=1S/C21H22N4O/c26-21-13-17(15-25(21)12-6-9-16-7-2-1-3-8-16)23-20-14-22-18-10-4-5-11-19(18)24-20/h1-5,7-8,10-11,14,17H,6,9,12-13,15H2,(H,23,24)/t17-/m1/s1. The van der Waals surface area contributed by atoms with Crippen molar-refractivity contribution in [3.8, 4) is 0 Å². The molecule has 26 heavy (non-hydrogen) atoms. The molecule has 0 radical (unpaired) electrons. The molecule has 132 valence electrons. The third-order valence-corrected chi connectivity index (χ3v) is 4.75. The third kappa shape index (κ3) is 3.82. The van der Waals surface area contributed by atoms with Gasteiger partial charge >= 0.3 is 0 Å². The summed E-state index contributed by atoms with van der Waals surface area (Å²) in [5.74, 6) is 0.942. The Hall–Kier alpha value is -2.95. The van der Waals surface area contributed by atoms with Crippen molar-refractivity contribution < 1.29 is 4.79 Å². The van der Waals surface area contributed by atoms with E-state index < -0.39 is 0 Å². The predicted octanol–water partition coefficient (Wildman–Crippen LogP) is 3.28. The van der Waals surface area contributed by atoms with Crippen LogP contribution in [0.5, 0.6) is 0 Å². The molecule has 0 aliphatic carbocycles. The molecule has 1 saturated heterocycles. The van der Waals surface area contributed by atoms with E-state index in [0.717, 1.165) is 42.8 Å². The van der Waals surface area contributed by atoms with E-state index in [-0.39, 0.29) is 11.9 Å². The summed E-state index contributed by atoms with van der Waals surface area (Å²) in [7, 11) is 0. The molecule has 1 aromatic heterocycles. The zero-order valence-electron chi connectivity index (χ0n) is 14.6. The maximum atomic E-state index is 12.3. The number of carbonyl (C=O) groups is 1. The molecule has 4 rings (SSSR count). The zero-order valence-corrected chi connectivity index (χ0v) is 14.6. The van der Waals surface area contributed by atoms with Crippen molar-refractivity contribution in [3.05, 3.63) is 66.4 Å². The number of likely N-dealkylation sites (tertiary alicyclic amines) is 1. The van der Waals surface area contributed by atoms with E-state index in [1.807, 2.05) is 35.2 Å². The number of aromatic nitrogens is 2. The number of para-hydroxylation sites is 2. The highest BCUT2D eigenvalue weighted by atomic mass is 16.2. The summed E-state index contributed by atoms with van der Waals surface area (Å²) < 4.78 is 0. The Bertz CT molecular complexity index is 897. The first-order chi connectivity index (χ1) is 12.8. The van der Waals surface area contributed by atoms with Crippen LogP contribution < -0.4 is 5.32 Å². The van der Waals surface area contributed by atoms with Crippen LogP contribution in [-0.2, 0) is 11.2 Å². The smallest absolute Gasteiger partial charge is 0.224 e. The number of aryl methyl sites for hydroxylation is 1. The van der Waals surface area contributed by atoms with E-state index in [9.17, 15) is 4.79 Å². The van der Waals surface area contributed by atoms with Crippen LogP contribution >= 0.6 is 0 Å². The van der Waals surface area contributed by atoms with Crippen molar-refractivity contribution in [1.29, 1.82) is 0 Å². The molecule has 3 aromatic rings. The fourth-order valence-corrected chi connectivity index (χ4v) is 3.44. The number of amides is 1. The van der Waals surface area contributed by atoms with Gasteiger partial charge in [-0.25, -0.2) is 4.98 Å². The van der Waals surface area contributed by atoms with Gasteiger partial charge in [0.05, 0.1) is 23.3 Å². The first kappa shape index (κ1) is 16.5. The van der Waals surface area contributed by atoms with Crippen LogP contribution in [-0.4, -0.2) is 39.9 Å². The Labute approximate surface area is 153 Å². The van der Waals surface area contributed by atoms with Crippen LogP contribution in [0.3, 0.4) is 0 Å². The molecule has 0 saturated carbocycles. The minimum atomic E-state index is 0.0923. The molecule has 0 unspecified atom stereocenters. The lowest BCUT2D eigenvalue weighted by Crippen LogP contribution is -2.29. The summed E-state index contributed by atoms with van der Waals surface area (Å²) in [6.45, 7) is 1.53. The SMILES string of the molecule is O=C1C[C@@H](Nc2cnc3ccccc3n2)CN1CCCc1ccccc1. The molecular formula is C21H22N4O. The van der Waals surface area contributed by atoms with Gasteiger partial charge in [-0.05, 0) is 30.5 Å². The molecule has 1 amide bonds. The first-order valence-electron chi connectivity index (χ1n) is 9.08. The van der Waals surface area contributed by atoms with E-state index in [2.05, 4.69) is 39.6 Å². The lowest BCUT2D eigenvalue weighted by Gasteiger charge is -2.17. The van der Waals surface area contributed by atoms with Gasteiger partial charge in [-0.3, -0.25) is 9.78 Å². The van der Waals surface area contributed by atoms with Crippen molar-refractivity contribution in [2.75, 3.05) is 18.4 Å². The quantitative estimate of drug-likeness (QED) is 0.744. The Morgan fingerprint density at radius 1 is 1.04 bits per heavy atom. The molecule has 1 fully saturated rings. The Morgan fingerprint density at radius 2 is 1.81 bits per heavy atom. The third-order valence-electron chi connectivity index (χ3n) is 4.75. The van der Waals surface area contributed by atoms with Gasteiger partial charge in [-0.2, -0.15) is 0 Å². The van der Waals surface area contributed by atoms with E-state index >= 15 is 0 Å². The van der Waals surface area contributed by atoms with Crippen molar-refractivity contribution in [2.24, 2.45) is 0 Å². The fraction of sp³-hybridized carbons (Fsp3) is 0.286. The van der Waals surface area contributed by atoms with Crippen LogP contribution in [0.15, 0.2) is 60.8 Å². The Kier molecular flexibility index (Phi) is 4.78. The molecule has 0 bridgehead atoms. The summed E-state index contributed by atoms with van der Waals surface area (Å²) in [5.41, 5.74) is 3.06. The molecule has 1 aliphatic rings. The zero-order chi connectivity index (χ0) is 17.8. The highest BCUT2D eigenvalue weighted by molar-refractivity contribution is 5.80. The van der Waals surface area contributed by atoms with Crippen molar-refractivity contribution >= 4 is 22.8 Å². The van der Waals surface area contributed by atoms with E-state index in [0.29, 0.717) is 6.42 Å². The summed E-state index contributed by atoms with van der Waals surface area (Å²) in [6.07, 6.45) is 4.24. The molecule has 5 nitrogen and oxygen atoms in total. The second-order valence-electron chi connectivity index (χ2n) is 6.72. The van der Waals surface area contributed by atoms with E-state index in [1.165, 1.54) is 5.56 Å². The molecule has 2 aromatic carbocycles. The van der Waals surface area contributed by atoms with Gasteiger partial charge in [-0.15, -0.1) is 0 Å². The maximum absolute atomic E-state index is 12.3. The molecule has 2 heterocycles. The monoisotopic (exact) mass is 346 g/mol. The summed E-state index contributed by atoms with van der Waals surface area (Å²) in [5, 5.41) is 3.37. The summed E-state index contributed by atoms with van der Waals surface area (Å²) in [4.78, 5) is 23.2. The number of hydrogen-bond donors (Lipinski definition) is 1. The molecule has 1 N–H and O–H groups in total. The molecule has 1 aliphatic heterocycles. The average molecular weight is 346 g/mol. The molecule has 5 heteroatoms. The summed E-state index contributed by atoms with van der Waals surface area (Å²) >= 11 is 0. The van der Waals surface area contributed by atoms with Gasteiger partial charge < -0.3 is 10.2 Å². The van der Waals surface area contributed by atoms with Crippen molar-refractivity contribution in [2.45, 2.75) is 25.3 Å². The van der Waals surface area contributed by atoms with Crippen molar-refractivity contribution in [3.63, 3.8) is 0 Å². The number of anilines is 1. The second-order valence-corrected chi connectivity index (χ2v) is 6.72.